The fourth-order valence-electron chi connectivity index (χ4n) is 1.72. The third-order valence-electron chi connectivity index (χ3n) is 2.46. The molecular weight excluding hydrogens is 250 g/mol. The molecule has 0 saturated heterocycles. The van der Waals surface area contributed by atoms with Crippen molar-refractivity contribution < 1.29 is 13.6 Å². The van der Waals surface area contributed by atoms with Gasteiger partial charge in [0.25, 0.3) is 0 Å². The van der Waals surface area contributed by atoms with Gasteiger partial charge in [0.1, 0.15) is 11.6 Å². The zero-order valence-electron chi connectivity index (χ0n) is 9.99. The maximum absolute atomic E-state index is 13.1. The zero-order valence-corrected chi connectivity index (χ0v) is 9.99. The third-order valence-corrected chi connectivity index (χ3v) is 2.46. The van der Waals surface area contributed by atoms with E-state index in [-0.39, 0.29) is 23.7 Å². The molecule has 0 fully saturated rings. The first-order valence-corrected chi connectivity index (χ1v) is 5.63. The van der Waals surface area contributed by atoms with Crippen LogP contribution in [0.3, 0.4) is 0 Å². The van der Waals surface area contributed by atoms with Crippen LogP contribution in [0, 0.1) is 11.6 Å². The standard InChI is InChI=1S/C14H12F2N2O/c15-10-3-1-2-9(4-10)5-14(19)18-13-7-11(16)6-12(17)8-13/h1-4,6-8H,5,17H2,(H,18,19). The van der Waals surface area contributed by atoms with Crippen LogP contribution in [-0.2, 0) is 11.2 Å². The first-order chi connectivity index (χ1) is 9.02. The summed E-state index contributed by atoms with van der Waals surface area (Å²) in [6.07, 6.45) is 0.00811. The topological polar surface area (TPSA) is 55.1 Å². The molecule has 5 heteroatoms. The summed E-state index contributed by atoms with van der Waals surface area (Å²) in [6, 6.07) is 9.52. The molecule has 0 aromatic heterocycles. The number of rotatable bonds is 3. The Kier molecular flexibility index (Phi) is 3.75. The van der Waals surface area contributed by atoms with Gasteiger partial charge >= 0.3 is 0 Å². The van der Waals surface area contributed by atoms with Crippen LogP contribution in [0.4, 0.5) is 20.2 Å². The van der Waals surface area contributed by atoms with E-state index in [0.717, 1.165) is 6.07 Å². The minimum atomic E-state index is -0.527. The lowest BCUT2D eigenvalue weighted by atomic mass is 10.1. The maximum Gasteiger partial charge on any atom is 0.228 e. The molecule has 0 bridgehead atoms. The number of nitrogens with one attached hydrogen (secondary N) is 1. The van der Waals surface area contributed by atoms with Crippen molar-refractivity contribution in [3.8, 4) is 0 Å². The molecule has 1 amide bonds. The van der Waals surface area contributed by atoms with Gasteiger partial charge in [-0.05, 0) is 35.9 Å². The highest BCUT2D eigenvalue weighted by atomic mass is 19.1. The minimum Gasteiger partial charge on any atom is -0.399 e. The molecule has 0 heterocycles. The number of halogens is 2. The van der Waals surface area contributed by atoms with Gasteiger partial charge in [0.2, 0.25) is 5.91 Å². The average molecular weight is 262 g/mol. The first kappa shape index (κ1) is 13.0. The van der Waals surface area contributed by atoms with Crippen molar-refractivity contribution in [1.82, 2.24) is 0 Å². The van der Waals surface area contributed by atoms with Crippen molar-refractivity contribution in [1.29, 1.82) is 0 Å². The van der Waals surface area contributed by atoms with E-state index < -0.39 is 11.6 Å². The highest BCUT2D eigenvalue weighted by molar-refractivity contribution is 5.92. The van der Waals surface area contributed by atoms with E-state index >= 15 is 0 Å². The monoisotopic (exact) mass is 262 g/mol. The molecule has 2 aromatic rings. The highest BCUT2D eigenvalue weighted by Crippen LogP contribution is 2.16. The van der Waals surface area contributed by atoms with Crippen LogP contribution in [0.2, 0.25) is 0 Å². The second kappa shape index (κ2) is 5.48. The van der Waals surface area contributed by atoms with E-state index in [2.05, 4.69) is 5.32 Å². The van der Waals surface area contributed by atoms with E-state index in [1.807, 2.05) is 0 Å². The molecule has 19 heavy (non-hydrogen) atoms. The van der Waals surface area contributed by atoms with E-state index in [0.29, 0.717) is 5.56 Å². The van der Waals surface area contributed by atoms with Gasteiger partial charge in [0.15, 0.2) is 0 Å². The normalized spacial score (nSPS) is 10.2. The lowest BCUT2D eigenvalue weighted by molar-refractivity contribution is -0.115. The van der Waals surface area contributed by atoms with Crippen molar-refractivity contribution in [2.24, 2.45) is 0 Å². The predicted molar refractivity (Wildman–Crippen MR) is 69.5 cm³/mol. The Morgan fingerprint density at radius 3 is 2.58 bits per heavy atom. The minimum absolute atomic E-state index is 0.00811. The highest BCUT2D eigenvalue weighted by Gasteiger charge is 2.06. The second-order valence-electron chi connectivity index (χ2n) is 4.13. The number of anilines is 2. The van der Waals surface area contributed by atoms with Crippen molar-refractivity contribution in [3.63, 3.8) is 0 Å². The quantitative estimate of drug-likeness (QED) is 0.836. The molecule has 98 valence electrons. The van der Waals surface area contributed by atoms with Crippen LogP contribution in [-0.4, -0.2) is 5.91 Å². The van der Waals surface area contributed by atoms with Gasteiger partial charge in [-0.15, -0.1) is 0 Å². The number of amides is 1. The number of nitrogen functional groups attached to an aromatic ring is 1. The predicted octanol–water partition coefficient (Wildman–Crippen LogP) is 2.73. The van der Waals surface area contributed by atoms with Gasteiger partial charge in [0.05, 0.1) is 6.42 Å². The lowest BCUT2D eigenvalue weighted by Crippen LogP contribution is -2.14. The van der Waals surface area contributed by atoms with Gasteiger partial charge < -0.3 is 11.1 Å². The summed E-state index contributed by atoms with van der Waals surface area (Å²) in [5, 5.41) is 2.51. The van der Waals surface area contributed by atoms with E-state index in [1.165, 1.54) is 30.3 Å². The van der Waals surface area contributed by atoms with Crippen molar-refractivity contribution in [3.05, 3.63) is 59.7 Å². The lowest BCUT2D eigenvalue weighted by Gasteiger charge is -2.06. The summed E-state index contributed by atoms with van der Waals surface area (Å²) in [5.74, 6) is -1.29. The van der Waals surface area contributed by atoms with Gasteiger partial charge in [-0.2, -0.15) is 0 Å². The van der Waals surface area contributed by atoms with Gasteiger partial charge in [-0.1, -0.05) is 12.1 Å². The fraction of sp³-hybridized carbons (Fsp3) is 0.0714. The molecule has 0 atom stereocenters. The number of carbonyl (C=O) groups is 1. The Morgan fingerprint density at radius 2 is 1.89 bits per heavy atom. The summed E-state index contributed by atoms with van der Waals surface area (Å²) in [7, 11) is 0. The molecule has 3 N–H and O–H groups in total. The Bertz CT molecular complexity index is 594. The molecule has 0 unspecified atom stereocenters. The summed E-state index contributed by atoms with van der Waals surface area (Å²) in [4.78, 5) is 11.7. The van der Waals surface area contributed by atoms with Crippen LogP contribution >= 0.6 is 0 Å². The molecule has 2 aromatic carbocycles. The van der Waals surface area contributed by atoms with Crippen molar-refractivity contribution in [2.45, 2.75) is 6.42 Å². The van der Waals surface area contributed by atoms with Gasteiger partial charge in [-0.3, -0.25) is 4.79 Å². The van der Waals surface area contributed by atoms with E-state index in [1.54, 1.807) is 6.07 Å². The number of hydrogen-bond acceptors (Lipinski definition) is 2. The van der Waals surface area contributed by atoms with Gasteiger partial charge in [-0.25, -0.2) is 8.78 Å². The average Bonchev–Trinajstić information content (AvgIpc) is 2.26. The van der Waals surface area contributed by atoms with Crippen LogP contribution in [0.1, 0.15) is 5.56 Å². The SMILES string of the molecule is Nc1cc(F)cc(NC(=O)Cc2cccc(F)c2)c1. The maximum atomic E-state index is 13.1. The molecular formula is C14H12F2N2O. The Labute approximate surface area is 109 Å². The number of hydrogen-bond donors (Lipinski definition) is 2. The second-order valence-corrected chi connectivity index (χ2v) is 4.13. The molecule has 0 spiro atoms. The fourth-order valence-corrected chi connectivity index (χ4v) is 1.72. The summed E-state index contributed by atoms with van der Waals surface area (Å²) in [6.45, 7) is 0. The van der Waals surface area contributed by atoms with Gasteiger partial charge in [0, 0.05) is 11.4 Å². The summed E-state index contributed by atoms with van der Waals surface area (Å²) >= 11 is 0. The van der Waals surface area contributed by atoms with E-state index in [9.17, 15) is 13.6 Å². The Hall–Kier alpha value is -2.43. The van der Waals surface area contributed by atoms with Crippen LogP contribution in [0.25, 0.3) is 0 Å². The molecule has 0 saturated carbocycles. The zero-order chi connectivity index (χ0) is 13.8. The summed E-state index contributed by atoms with van der Waals surface area (Å²) in [5.41, 5.74) is 6.51. The molecule has 0 aliphatic rings. The Balaban J connectivity index is 2.05. The van der Waals surface area contributed by atoms with Crippen molar-refractivity contribution in [2.75, 3.05) is 11.1 Å². The number of carbonyl (C=O) groups excluding carboxylic acids is 1. The number of nitrogens with two attached hydrogens (primary N) is 1. The molecule has 2 rings (SSSR count). The molecule has 0 radical (unpaired) electrons. The smallest absolute Gasteiger partial charge is 0.228 e. The number of benzene rings is 2. The largest absolute Gasteiger partial charge is 0.399 e. The van der Waals surface area contributed by atoms with Crippen molar-refractivity contribution >= 4 is 17.3 Å². The van der Waals surface area contributed by atoms with Crippen LogP contribution in [0.5, 0.6) is 0 Å². The Morgan fingerprint density at radius 1 is 1.11 bits per heavy atom. The molecule has 0 aliphatic heterocycles. The third kappa shape index (κ3) is 3.77. The van der Waals surface area contributed by atoms with Crippen LogP contribution < -0.4 is 11.1 Å². The summed E-state index contributed by atoms with van der Waals surface area (Å²) < 4.78 is 26.0. The van der Waals surface area contributed by atoms with E-state index in [4.69, 9.17) is 5.73 Å². The molecule has 0 aliphatic carbocycles. The van der Waals surface area contributed by atoms with Crippen LogP contribution in [0.15, 0.2) is 42.5 Å². The molecule has 3 nitrogen and oxygen atoms in total. The first-order valence-electron chi connectivity index (χ1n) is 5.63.